The maximum absolute atomic E-state index is 2.87. The third kappa shape index (κ3) is 7.65. The molecule has 0 spiro atoms. The van der Waals surface area contributed by atoms with Crippen LogP contribution in [0.2, 0.25) is 0 Å². The third-order valence-electron chi connectivity index (χ3n) is 13.8. The molecule has 0 radical (unpaired) electrons. The molecule has 0 N–H and O–H groups in total. The average molecular weight is 897 g/mol. The Kier molecular flexibility index (Phi) is 11.0. The Morgan fingerprint density at radius 3 is 1.00 bits per heavy atom. The summed E-state index contributed by atoms with van der Waals surface area (Å²) in [5, 5.41) is 5.46. The fourth-order valence-corrected chi connectivity index (χ4v) is 15.5. The first kappa shape index (κ1) is 41.7. The van der Waals surface area contributed by atoms with E-state index in [4.69, 9.17) is 0 Å². The summed E-state index contributed by atoms with van der Waals surface area (Å²) in [6.45, 7) is 0. The molecule has 0 amide bonds. The number of nitrogens with zero attached hydrogens (tertiary/aromatic N) is 2. The number of fused-ring (bicyclic) bond motifs is 2. The first-order chi connectivity index (χ1) is 34.2. The lowest BCUT2D eigenvalue weighted by Gasteiger charge is -2.45. The molecule has 0 bridgehead atoms. The summed E-state index contributed by atoms with van der Waals surface area (Å²) in [5.74, 6) is 0. The summed E-state index contributed by atoms with van der Waals surface area (Å²) in [7, 11) is -2.87. The zero-order valence-electron chi connectivity index (χ0n) is 38.1. The molecule has 69 heavy (non-hydrogen) atoms. The number of hydrogen-bond donors (Lipinski definition) is 0. The Hall–Kier alpha value is -8.76. The van der Waals surface area contributed by atoms with Crippen molar-refractivity contribution < 1.29 is 0 Å². The van der Waals surface area contributed by atoms with Gasteiger partial charge in [0.25, 0.3) is 0 Å². The second-order valence-corrected chi connectivity index (χ2v) is 21.4. The number of anilines is 6. The van der Waals surface area contributed by atoms with Gasteiger partial charge < -0.3 is 9.80 Å². The van der Waals surface area contributed by atoms with Gasteiger partial charge in [-0.15, -0.1) is 0 Å². The molecule has 0 aliphatic carbocycles. The first-order valence-corrected chi connectivity index (χ1v) is 25.7. The quantitative estimate of drug-likeness (QED) is 0.126. The third-order valence-corrected chi connectivity index (χ3v) is 18.6. The molecule has 3 heteroatoms. The molecule has 11 aromatic carbocycles. The highest BCUT2D eigenvalue weighted by molar-refractivity contribution is 7.21. The van der Waals surface area contributed by atoms with E-state index in [0.29, 0.717) is 0 Å². The average Bonchev–Trinajstić information content (AvgIpc) is 3.44. The van der Waals surface area contributed by atoms with Gasteiger partial charge in [0, 0.05) is 34.1 Å². The summed E-state index contributed by atoms with van der Waals surface area (Å²) < 4.78 is 0. The zero-order chi connectivity index (χ0) is 46.0. The van der Waals surface area contributed by atoms with Crippen LogP contribution in [-0.4, -0.2) is 8.07 Å². The SMILES string of the molecule is c1ccc(-c2ccc(-c3ccc(N(c4ccc(-c5ccc(-c6ccccc6)cc5)cc4)c4ccc5c(c4)N(c4ccccc4)c4ccccc4[Si]5(c4ccccc4)c4ccccc4)cc3)cc2)cc1. The van der Waals surface area contributed by atoms with Gasteiger partial charge in [-0.1, -0.05) is 237 Å². The van der Waals surface area contributed by atoms with Gasteiger partial charge >= 0.3 is 0 Å². The van der Waals surface area contributed by atoms with Gasteiger partial charge in [-0.2, -0.15) is 0 Å². The number of para-hydroxylation sites is 2. The van der Waals surface area contributed by atoms with Crippen LogP contribution in [0.4, 0.5) is 34.1 Å². The van der Waals surface area contributed by atoms with Crippen molar-refractivity contribution in [2.75, 3.05) is 9.80 Å². The Bertz CT molecular complexity index is 3320. The van der Waals surface area contributed by atoms with Crippen LogP contribution in [0.25, 0.3) is 44.5 Å². The molecule has 12 rings (SSSR count). The molecule has 0 atom stereocenters. The van der Waals surface area contributed by atoms with Crippen molar-refractivity contribution in [2.24, 2.45) is 0 Å². The van der Waals surface area contributed by atoms with Crippen LogP contribution in [0.5, 0.6) is 0 Å². The molecule has 0 saturated heterocycles. The molecule has 1 aliphatic heterocycles. The molecule has 1 heterocycles. The molecule has 2 nitrogen and oxygen atoms in total. The molecule has 1 aliphatic rings. The maximum atomic E-state index is 2.49. The highest BCUT2D eigenvalue weighted by Crippen LogP contribution is 2.43. The van der Waals surface area contributed by atoms with Crippen LogP contribution in [0.1, 0.15) is 0 Å². The minimum absolute atomic E-state index is 1.08. The van der Waals surface area contributed by atoms with E-state index < -0.39 is 8.07 Å². The van der Waals surface area contributed by atoms with Crippen molar-refractivity contribution in [3.8, 4) is 44.5 Å². The van der Waals surface area contributed by atoms with E-state index in [2.05, 4.69) is 301 Å². The topological polar surface area (TPSA) is 6.48 Å². The van der Waals surface area contributed by atoms with Gasteiger partial charge in [0.1, 0.15) is 0 Å². The molecule has 11 aromatic rings. The van der Waals surface area contributed by atoms with E-state index in [1.165, 1.54) is 76.6 Å². The summed E-state index contributed by atoms with van der Waals surface area (Å²) >= 11 is 0. The van der Waals surface area contributed by atoms with Gasteiger partial charge in [0.15, 0.2) is 8.07 Å². The lowest BCUT2D eigenvalue weighted by Crippen LogP contribution is -2.77. The Labute approximate surface area is 406 Å². The van der Waals surface area contributed by atoms with Crippen LogP contribution in [-0.2, 0) is 0 Å². The Morgan fingerprint density at radius 2 is 0.565 bits per heavy atom. The minimum atomic E-state index is -2.87. The first-order valence-electron chi connectivity index (χ1n) is 23.7. The zero-order valence-corrected chi connectivity index (χ0v) is 39.1. The lowest BCUT2D eigenvalue weighted by atomic mass is 9.99. The van der Waals surface area contributed by atoms with Gasteiger partial charge in [-0.3, -0.25) is 0 Å². The molecule has 0 fully saturated rings. The summed E-state index contributed by atoms with van der Waals surface area (Å²) in [6.07, 6.45) is 0. The van der Waals surface area contributed by atoms with Gasteiger partial charge in [0.2, 0.25) is 0 Å². The van der Waals surface area contributed by atoms with E-state index >= 15 is 0 Å². The second-order valence-electron chi connectivity index (χ2n) is 17.7. The van der Waals surface area contributed by atoms with Crippen molar-refractivity contribution in [3.05, 3.63) is 291 Å². The lowest BCUT2D eigenvalue weighted by molar-refractivity contribution is 1.25. The number of rotatable bonds is 10. The van der Waals surface area contributed by atoms with Crippen LogP contribution >= 0.6 is 0 Å². The van der Waals surface area contributed by atoms with E-state index in [1.54, 1.807) is 0 Å². The molecular weight excluding hydrogens is 849 g/mol. The smallest absolute Gasteiger partial charge is 0.184 e. The second kappa shape index (κ2) is 18.1. The summed E-state index contributed by atoms with van der Waals surface area (Å²) in [5.41, 5.74) is 16.3. The van der Waals surface area contributed by atoms with E-state index in [9.17, 15) is 0 Å². The maximum Gasteiger partial charge on any atom is 0.184 e. The molecule has 0 unspecified atom stereocenters. The van der Waals surface area contributed by atoms with Crippen molar-refractivity contribution in [1.82, 2.24) is 0 Å². The fourth-order valence-electron chi connectivity index (χ4n) is 10.5. The highest BCUT2D eigenvalue weighted by atomic mass is 28.3. The molecule has 0 aromatic heterocycles. The fraction of sp³-hybridized carbons (Fsp3) is 0. The normalized spacial score (nSPS) is 12.4. The van der Waals surface area contributed by atoms with E-state index in [1.807, 2.05) is 0 Å². The minimum Gasteiger partial charge on any atom is -0.311 e. The molecule has 0 saturated carbocycles. The van der Waals surface area contributed by atoms with Gasteiger partial charge in [-0.25, -0.2) is 0 Å². The molecule has 326 valence electrons. The van der Waals surface area contributed by atoms with Crippen LogP contribution in [0.3, 0.4) is 0 Å². The van der Waals surface area contributed by atoms with Crippen LogP contribution in [0.15, 0.2) is 291 Å². The Balaban J connectivity index is 1.02. The van der Waals surface area contributed by atoms with E-state index in [-0.39, 0.29) is 0 Å². The largest absolute Gasteiger partial charge is 0.311 e. The summed E-state index contributed by atoms with van der Waals surface area (Å²) in [6, 6.07) is 107. The predicted octanol–water partition coefficient (Wildman–Crippen LogP) is 15.0. The van der Waals surface area contributed by atoms with Crippen molar-refractivity contribution in [3.63, 3.8) is 0 Å². The summed E-state index contributed by atoms with van der Waals surface area (Å²) in [4.78, 5) is 4.91. The van der Waals surface area contributed by atoms with Crippen molar-refractivity contribution >= 4 is 62.9 Å². The highest BCUT2D eigenvalue weighted by Gasteiger charge is 2.49. The Morgan fingerprint density at radius 1 is 0.246 bits per heavy atom. The van der Waals surface area contributed by atoms with Crippen LogP contribution < -0.4 is 30.5 Å². The van der Waals surface area contributed by atoms with Crippen molar-refractivity contribution in [1.29, 1.82) is 0 Å². The number of hydrogen-bond acceptors (Lipinski definition) is 2. The van der Waals surface area contributed by atoms with Crippen LogP contribution in [0, 0.1) is 0 Å². The molecular formula is C66H48N2Si. The number of benzene rings is 11. The van der Waals surface area contributed by atoms with E-state index in [0.717, 1.165) is 22.7 Å². The monoisotopic (exact) mass is 896 g/mol. The standard InChI is InChI=1S/C66H48N2Si/c1-6-18-49(19-7-1)51-30-34-53(35-31-51)55-38-42-58(43-39-55)67(59-44-40-56(41-45-59)54-36-32-52(33-37-54)50-20-8-2-9-21-50)60-46-47-66-64(48-60)68(57-22-10-3-11-23-57)63-28-16-17-29-65(63)69(66,61-24-12-4-13-25-61)62-26-14-5-15-27-62/h1-48H. The van der Waals surface area contributed by atoms with Gasteiger partial charge in [0.05, 0.1) is 0 Å². The van der Waals surface area contributed by atoms with Crippen molar-refractivity contribution in [2.45, 2.75) is 0 Å². The van der Waals surface area contributed by atoms with Gasteiger partial charge in [-0.05, 0) is 120 Å². The predicted molar refractivity (Wildman–Crippen MR) is 295 cm³/mol.